The van der Waals surface area contributed by atoms with E-state index in [9.17, 15) is 13.2 Å². The van der Waals surface area contributed by atoms with E-state index in [1.54, 1.807) is 23.9 Å². The SMILES string of the molecule is COc1ccc(S(=O)(=O)NC(=O)C=Cc2c(C)nn(C)c2-n2ccc3cc(Cl)ccc32)cc1. The molecule has 10 heteroatoms. The van der Waals surface area contributed by atoms with E-state index >= 15 is 0 Å². The van der Waals surface area contributed by atoms with Crippen molar-refractivity contribution in [3.8, 4) is 11.6 Å². The molecule has 0 saturated heterocycles. The van der Waals surface area contributed by atoms with Crippen LogP contribution in [-0.2, 0) is 21.9 Å². The van der Waals surface area contributed by atoms with Crippen molar-refractivity contribution in [3.63, 3.8) is 0 Å². The molecule has 4 aromatic rings. The molecule has 8 nitrogen and oxygen atoms in total. The number of hydrogen-bond donors (Lipinski definition) is 1. The minimum Gasteiger partial charge on any atom is -0.497 e. The molecular weight excluding hydrogens is 464 g/mol. The van der Waals surface area contributed by atoms with Gasteiger partial charge in [-0.05, 0) is 61.5 Å². The van der Waals surface area contributed by atoms with E-state index in [1.807, 2.05) is 35.9 Å². The first-order valence-corrected chi connectivity index (χ1v) is 11.8. The van der Waals surface area contributed by atoms with Crippen LogP contribution in [0.25, 0.3) is 22.8 Å². The highest BCUT2D eigenvalue weighted by Crippen LogP contribution is 2.27. The highest BCUT2D eigenvalue weighted by atomic mass is 35.5. The van der Waals surface area contributed by atoms with Gasteiger partial charge in [0.15, 0.2) is 0 Å². The van der Waals surface area contributed by atoms with Gasteiger partial charge in [0.05, 0.1) is 23.2 Å². The van der Waals surface area contributed by atoms with Crippen LogP contribution in [0.3, 0.4) is 0 Å². The first kappa shape index (κ1) is 22.6. The van der Waals surface area contributed by atoms with Gasteiger partial charge < -0.3 is 9.30 Å². The predicted octanol–water partition coefficient (Wildman–Crippen LogP) is 3.85. The Kier molecular flexibility index (Phi) is 6.01. The van der Waals surface area contributed by atoms with Crippen LogP contribution in [0.15, 0.2) is 65.7 Å². The largest absolute Gasteiger partial charge is 0.497 e. The Hall–Kier alpha value is -3.56. The minimum atomic E-state index is -4.02. The Balaban J connectivity index is 1.62. The number of aryl methyl sites for hydroxylation is 2. The molecular formula is C23H21ClN4O4S. The number of hydrogen-bond acceptors (Lipinski definition) is 5. The van der Waals surface area contributed by atoms with Crippen molar-refractivity contribution in [2.75, 3.05) is 7.11 Å². The van der Waals surface area contributed by atoms with Gasteiger partial charge in [-0.25, -0.2) is 13.1 Å². The average Bonchev–Trinajstić information content (AvgIpc) is 3.30. The van der Waals surface area contributed by atoms with E-state index in [0.717, 1.165) is 16.7 Å². The van der Waals surface area contributed by atoms with Crippen molar-refractivity contribution >= 4 is 44.5 Å². The second kappa shape index (κ2) is 8.76. The maximum Gasteiger partial charge on any atom is 0.264 e. The number of amides is 1. The second-order valence-corrected chi connectivity index (χ2v) is 9.43. The van der Waals surface area contributed by atoms with Gasteiger partial charge >= 0.3 is 0 Å². The molecule has 0 aliphatic carbocycles. The van der Waals surface area contributed by atoms with Gasteiger partial charge in [-0.1, -0.05) is 11.6 Å². The molecule has 0 atom stereocenters. The summed E-state index contributed by atoms with van der Waals surface area (Å²) in [4.78, 5) is 12.4. The number of nitrogens with zero attached hydrogens (tertiary/aromatic N) is 3. The number of methoxy groups -OCH3 is 1. The molecule has 1 amide bonds. The van der Waals surface area contributed by atoms with Gasteiger partial charge in [-0.2, -0.15) is 5.10 Å². The van der Waals surface area contributed by atoms with Crippen LogP contribution in [0.1, 0.15) is 11.3 Å². The summed E-state index contributed by atoms with van der Waals surface area (Å²) in [6, 6.07) is 13.3. The molecule has 0 aliphatic rings. The zero-order valence-electron chi connectivity index (χ0n) is 18.1. The van der Waals surface area contributed by atoms with E-state index in [2.05, 4.69) is 9.82 Å². The number of benzene rings is 2. The average molecular weight is 485 g/mol. The highest BCUT2D eigenvalue weighted by molar-refractivity contribution is 7.90. The van der Waals surface area contributed by atoms with Gasteiger partial charge in [0, 0.05) is 35.3 Å². The normalized spacial score (nSPS) is 11.9. The summed E-state index contributed by atoms with van der Waals surface area (Å²) in [7, 11) is -0.741. The summed E-state index contributed by atoms with van der Waals surface area (Å²) >= 11 is 6.10. The first-order valence-electron chi connectivity index (χ1n) is 9.89. The third-order valence-electron chi connectivity index (χ3n) is 5.12. The lowest BCUT2D eigenvalue weighted by Crippen LogP contribution is -2.28. The van der Waals surface area contributed by atoms with Gasteiger partial charge in [0.2, 0.25) is 0 Å². The number of ether oxygens (including phenoxy) is 1. The smallest absolute Gasteiger partial charge is 0.264 e. The van der Waals surface area contributed by atoms with Crippen LogP contribution in [0, 0.1) is 6.92 Å². The monoisotopic (exact) mass is 484 g/mol. The van der Waals surface area contributed by atoms with Crippen molar-refractivity contribution in [2.24, 2.45) is 7.05 Å². The summed E-state index contributed by atoms with van der Waals surface area (Å²) in [6.07, 6.45) is 4.62. The number of aromatic nitrogens is 3. The quantitative estimate of drug-likeness (QED) is 0.419. The molecule has 1 N–H and O–H groups in total. The van der Waals surface area contributed by atoms with Crippen LogP contribution in [0.5, 0.6) is 5.75 Å². The predicted molar refractivity (Wildman–Crippen MR) is 127 cm³/mol. The molecule has 2 aromatic heterocycles. The second-order valence-electron chi connectivity index (χ2n) is 7.31. The van der Waals surface area contributed by atoms with Crippen molar-refractivity contribution in [2.45, 2.75) is 11.8 Å². The zero-order chi connectivity index (χ0) is 23.8. The molecule has 0 bridgehead atoms. The highest BCUT2D eigenvalue weighted by Gasteiger charge is 2.18. The number of rotatable bonds is 6. The van der Waals surface area contributed by atoms with E-state index < -0.39 is 15.9 Å². The fourth-order valence-electron chi connectivity index (χ4n) is 3.58. The lowest BCUT2D eigenvalue weighted by molar-refractivity contribution is -0.114. The Morgan fingerprint density at radius 2 is 1.88 bits per heavy atom. The van der Waals surface area contributed by atoms with Gasteiger partial charge in [-0.3, -0.25) is 9.48 Å². The van der Waals surface area contributed by atoms with E-state index in [4.69, 9.17) is 16.3 Å². The maximum absolute atomic E-state index is 12.5. The molecule has 0 spiro atoms. The molecule has 0 unspecified atom stereocenters. The lowest BCUT2D eigenvalue weighted by atomic mass is 10.2. The van der Waals surface area contributed by atoms with Crippen LogP contribution in [0.2, 0.25) is 5.02 Å². The summed E-state index contributed by atoms with van der Waals surface area (Å²) in [5.41, 5.74) is 2.29. The van der Waals surface area contributed by atoms with Crippen LogP contribution in [0.4, 0.5) is 0 Å². The molecule has 0 saturated carbocycles. The fourth-order valence-corrected chi connectivity index (χ4v) is 4.71. The van der Waals surface area contributed by atoms with Crippen molar-refractivity contribution in [3.05, 3.63) is 77.1 Å². The Morgan fingerprint density at radius 3 is 2.58 bits per heavy atom. The number of carbonyl (C=O) groups is 1. The van der Waals surface area contributed by atoms with Crippen LogP contribution < -0.4 is 9.46 Å². The zero-order valence-corrected chi connectivity index (χ0v) is 19.7. The van der Waals surface area contributed by atoms with E-state index in [1.165, 1.54) is 37.5 Å². The Bertz CT molecular complexity index is 1480. The first-order chi connectivity index (χ1) is 15.7. The van der Waals surface area contributed by atoms with Crippen molar-refractivity contribution in [1.29, 1.82) is 0 Å². The maximum atomic E-state index is 12.5. The number of nitrogens with one attached hydrogen (secondary N) is 1. The van der Waals surface area contributed by atoms with Gasteiger partial charge in [0.1, 0.15) is 11.6 Å². The van der Waals surface area contributed by atoms with Crippen molar-refractivity contribution in [1.82, 2.24) is 19.1 Å². The molecule has 0 radical (unpaired) electrons. The number of carbonyl (C=O) groups excluding carboxylic acids is 1. The van der Waals surface area contributed by atoms with Crippen LogP contribution >= 0.6 is 11.6 Å². The summed E-state index contributed by atoms with van der Waals surface area (Å²) in [5, 5.41) is 6.06. The fraction of sp³-hybridized carbons (Fsp3) is 0.130. The molecule has 0 aliphatic heterocycles. The number of halogens is 1. The summed E-state index contributed by atoms with van der Waals surface area (Å²) in [6.45, 7) is 1.82. The topological polar surface area (TPSA) is 95.2 Å². The molecule has 4 rings (SSSR count). The summed E-state index contributed by atoms with van der Waals surface area (Å²) < 4.78 is 35.8. The Morgan fingerprint density at radius 1 is 1.15 bits per heavy atom. The Labute approximate surface area is 196 Å². The summed E-state index contributed by atoms with van der Waals surface area (Å²) in [5.74, 6) is 0.468. The van der Waals surface area contributed by atoms with E-state index in [-0.39, 0.29) is 4.90 Å². The molecule has 2 aromatic carbocycles. The van der Waals surface area contributed by atoms with Gasteiger partial charge in [-0.15, -0.1) is 0 Å². The van der Waals surface area contributed by atoms with Crippen molar-refractivity contribution < 1.29 is 17.9 Å². The minimum absolute atomic E-state index is 0.0410. The molecule has 33 heavy (non-hydrogen) atoms. The molecule has 2 heterocycles. The van der Waals surface area contributed by atoms with Gasteiger partial charge in [0.25, 0.3) is 15.9 Å². The lowest BCUT2D eigenvalue weighted by Gasteiger charge is -2.08. The standard InChI is InChI=1S/C23H21ClN4O4S/c1-15-20(9-11-22(29)26-33(30,31)19-7-5-18(32-3)6-8-19)23(27(2)25-15)28-13-12-16-14-17(24)4-10-21(16)28/h4-14H,1-3H3,(H,26,29). The van der Waals surface area contributed by atoms with Crippen LogP contribution in [-0.4, -0.2) is 35.8 Å². The number of fused-ring (bicyclic) bond motifs is 1. The molecule has 0 fully saturated rings. The number of sulfonamides is 1. The third-order valence-corrected chi connectivity index (χ3v) is 6.72. The molecule has 170 valence electrons. The van der Waals surface area contributed by atoms with E-state index in [0.29, 0.717) is 22.0 Å². The third kappa shape index (κ3) is 4.50.